The molecule has 1 unspecified atom stereocenters. The highest BCUT2D eigenvalue weighted by molar-refractivity contribution is 6.92. The molecule has 16 heteroatoms. The Hall–Kier alpha value is 1.67. The monoisotopic (exact) mass is 844 g/mol. The summed E-state index contributed by atoms with van der Waals surface area (Å²) in [5.41, 5.74) is 2.07. The van der Waals surface area contributed by atoms with Crippen molar-refractivity contribution in [2.75, 3.05) is 0 Å². The van der Waals surface area contributed by atoms with E-state index in [9.17, 15) is 0 Å². The van der Waals surface area contributed by atoms with Crippen LogP contribution in [0.5, 0.6) is 0 Å². The fraction of sp³-hybridized carbons (Fsp3) is 0.938. The van der Waals surface area contributed by atoms with Gasteiger partial charge in [-0.25, -0.2) is 0 Å². The normalized spacial score (nSPS) is 16.3. The second kappa shape index (κ2) is 18.3. The molecule has 0 aliphatic rings. The summed E-state index contributed by atoms with van der Waals surface area (Å²) < 4.78 is 42.0. The van der Waals surface area contributed by atoms with E-state index in [0.717, 1.165) is 24.2 Å². The van der Waals surface area contributed by atoms with Gasteiger partial charge in [0.05, 0.1) is 0 Å². The molecule has 0 aliphatic heterocycles. The number of rotatable bonds is 25. The van der Waals surface area contributed by atoms with Gasteiger partial charge in [-0.2, -0.15) is 0 Å². The second-order valence-corrected chi connectivity index (χ2v) is 62.9. The summed E-state index contributed by atoms with van der Waals surface area (Å²) in [6.45, 7) is 53.4. The van der Waals surface area contributed by atoms with E-state index in [1.165, 1.54) is 31.0 Å². The largest absolute Gasteiger partial charge is 0.466 e. The molecule has 0 aromatic rings. The highest BCUT2D eigenvalue weighted by Gasteiger charge is 2.49. The molecule has 0 saturated heterocycles. The molecule has 288 valence electrons. The van der Waals surface area contributed by atoms with Gasteiger partial charge in [0.25, 0.3) is 0 Å². The van der Waals surface area contributed by atoms with Crippen molar-refractivity contribution in [3.63, 3.8) is 0 Å². The Labute approximate surface area is 311 Å². The lowest BCUT2D eigenvalue weighted by Gasteiger charge is -2.44. The maximum Gasteiger partial charge on any atom is 0.466 e. The molecule has 1 atom stereocenters. The van der Waals surface area contributed by atoms with Crippen LogP contribution >= 0.6 is 0 Å². The van der Waals surface area contributed by atoms with E-state index in [1.54, 1.807) is 0 Å². The summed E-state index contributed by atoms with van der Waals surface area (Å²) in [7, 11) is -19.5. The highest BCUT2D eigenvalue weighted by Crippen LogP contribution is 2.34. The lowest BCUT2D eigenvalue weighted by molar-refractivity contribution is 0.259. The van der Waals surface area contributed by atoms with Crippen LogP contribution in [-0.4, -0.2) is 83.7 Å². The van der Waals surface area contributed by atoms with Gasteiger partial charge in [0.1, 0.15) is 0 Å². The summed E-state index contributed by atoms with van der Waals surface area (Å²) in [5, 5.41) is 0. The minimum Gasteiger partial charge on any atom is -0.456 e. The van der Waals surface area contributed by atoms with Gasteiger partial charge in [0.15, 0.2) is 74.9 Å². The predicted molar refractivity (Wildman–Crippen MR) is 240 cm³/mol. The van der Waals surface area contributed by atoms with E-state index in [2.05, 4.69) is 150 Å². The van der Waals surface area contributed by atoms with Gasteiger partial charge in [-0.1, -0.05) is 25.5 Å². The third kappa shape index (κ3) is 23.4. The van der Waals surface area contributed by atoms with Crippen LogP contribution in [0.2, 0.25) is 173 Å². The van der Waals surface area contributed by atoms with Crippen molar-refractivity contribution < 1.29 is 24.7 Å². The van der Waals surface area contributed by atoms with Gasteiger partial charge >= 0.3 is 8.80 Å². The zero-order valence-electron chi connectivity index (χ0n) is 36.1. The van der Waals surface area contributed by atoms with Crippen molar-refractivity contribution in [3.8, 4) is 0 Å². The summed E-state index contributed by atoms with van der Waals surface area (Å²) in [4.78, 5) is 0. The minimum atomic E-state index is -2.87. The molecule has 0 bridgehead atoms. The van der Waals surface area contributed by atoms with E-state index in [4.69, 9.17) is 24.7 Å². The van der Waals surface area contributed by atoms with Gasteiger partial charge in [-0.3, -0.25) is 0 Å². The lowest BCUT2D eigenvalue weighted by Crippen LogP contribution is -2.60. The molecule has 0 aliphatic carbocycles. The van der Waals surface area contributed by atoms with E-state index in [0.29, 0.717) is 0 Å². The fourth-order valence-electron chi connectivity index (χ4n) is 6.98. The first kappa shape index (κ1) is 49.7. The van der Waals surface area contributed by atoms with E-state index in [-0.39, 0.29) is 0 Å². The van der Waals surface area contributed by atoms with Gasteiger partial charge < -0.3 is 24.7 Å². The molecule has 0 heterocycles. The van der Waals surface area contributed by atoms with Crippen molar-refractivity contribution in [3.05, 3.63) is 12.3 Å². The SMILES string of the molecule is C=C[Si](C)(C)O[Si](C)(C)CCC[Si](C)(C)O[Si](C)(C)CC[Si](C)(C)O[Si](C)(O[Si](C)(C)C)O[Si](C)(C)CC[Si](C)(C)O[Si](C)(C)CCC. The highest BCUT2D eigenvalue weighted by atomic mass is 28.5. The van der Waals surface area contributed by atoms with Crippen LogP contribution in [0.3, 0.4) is 0 Å². The Morgan fingerprint density at radius 3 is 0.979 bits per heavy atom. The smallest absolute Gasteiger partial charge is 0.456 e. The van der Waals surface area contributed by atoms with E-state index in [1.807, 2.05) is 0 Å². The molecule has 0 rings (SSSR count). The zero-order valence-corrected chi connectivity index (χ0v) is 46.1. The standard InChI is InChI=1S/C32H84O6Si10/c1-23-26-41(8,9)35-44(14,15)29-31-46(18,19)37-48(22,33-39(3,4)5)38-47(20,21)32-30-45(16,17)36-43(12,13)28-25-27-42(10,11)34-40(6,7)24-2/h24H,2,23,25-32H2,1,3-22H3. The zero-order chi connectivity index (χ0) is 38.3. The van der Waals surface area contributed by atoms with Crippen molar-refractivity contribution in [1.82, 2.24) is 0 Å². The molecule has 0 fully saturated rings. The van der Waals surface area contributed by atoms with Crippen molar-refractivity contribution in [2.45, 2.75) is 193 Å². The number of hydrogen-bond donors (Lipinski definition) is 0. The summed E-state index contributed by atoms with van der Waals surface area (Å²) in [6, 6.07) is 8.07. The third-order valence-corrected chi connectivity index (χ3v) is 45.7. The minimum absolute atomic E-state index is 1.08. The Morgan fingerprint density at radius 2 is 0.667 bits per heavy atom. The topological polar surface area (TPSA) is 55.4 Å². The third-order valence-electron chi connectivity index (χ3n) is 8.62. The molecule has 0 saturated carbocycles. The molecular formula is C32H84O6Si10. The van der Waals surface area contributed by atoms with Crippen LogP contribution in [0.1, 0.15) is 19.8 Å². The second-order valence-electron chi connectivity index (χ2n) is 20.3. The Kier molecular flexibility index (Phi) is 19.0. The van der Waals surface area contributed by atoms with Crippen molar-refractivity contribution in [2.24, 2.45) is 0 Å². The molecule has 6 nitrogen and oxygen atoms in total. The van der Waals surface area contributed by atoms with Crippen LogP contribution in [0, 0.1) is 0 Å². The first-order chi connectivity index (χ1) is 21.0. The van der Waals surface area contributed by atoms with Gasteiger partial charge in [-0.05, 0) is 167 Å². The molecule has 0 aromatic heterocycles. The molecule has 48 heavy (non-hydrogen) atoms. The first-order valence-electron chi connectivity index (χ1n) is 18.8. The summed E-state index contributed by atoms with van der Waals surface area (Å²) >= 11 is 0. The summed E-state index contributed by atoms with van der Waals surface area (Å²) in [6.07, 6.45) is 2.41. The van der Waals surface area contributed by atoms with Crippen LogP contribution in [0.4, 0.5) is 0 Å². The van der Waals surface area contributed by atoms with Crippen LogP contribution in [0.25, 0.3) is 0 Å². The quantitative estimate of drug-likeness (QED) is 0.0853. The maximum atomic E-state index is 7.21. The van der Waals surface area contributed by atoms with Gasteiger partial charge in [0.2, 0.25) is 0 Å². The average Bonchev–Trinajstić information content (AvgIpc) is 2.77. The fourth-order valence-corrected chi connectivity index (χ4v) is 55.2. The Balaban J connectivity index is 5.52. The first-order valence-corrected chi connectivity index (χ1v) is 49.3. The van der Waals surface area contributed by atoms with Gasteiger partial charge in [0, 0.05) is 6.55 Å². The van der Waals surface area contributed by atoms with Crippen molar-refractivity contribution in [1.29, 1.82) is 0 Å². The lowest BCUT2D eigenvalue weighted by atomic mass is 10.6. The number of hydrogen-bond acceptors (Lipinski definition) is 6. The van der Waals surface area contributed by atoms with Gasteiger partial charge in [-0.15, -0.1) is 6.58 Å². The molecule has 0 spiro atoms. The molecule has 0 N–H and O–H groups in total. The molecule has 0 radical (unpaired) electrons. The van der Waals surface area contributed by atoms with Crippen molar-refractivity contribution >= 4 is 83.7 Å². The molecular weight excluding hydrogens is 761 g/mol. The predicted octanol–water partition coefficient (Wildman–Crippen LogP) is 12.7. The maximum absolute atomic E-state index is 7.21. The van der Waals surface area contributed by atoms with Crippen LogP contribution < -0.4 is 0 Å². The molecule has 0 aromatic carbocycles. The Morgan fingerprint density at radius 1 is 0.375 bits per heavy atom. The average molecular weight is 846 g/mol. The van der Waals surface area contributed by atoms with Crippen LogP contribution in [0.15, 0.2) is 12.3 Å². The van der Waals surface area contributed by atoms with Crippen LogP contribution in [-0.2, 0) is 24.7 Å². The molecule has 0 amide bonds. The Bertz CT molecular complexity index is 996. The van der Waals surface area contributed by atoms with E-state index >= 15 is 0 Å². The summed E-state index contributed by atoms with van der Waals surface area (Å²) in [5.74, 6) is 0. The van der Waals surface area contributed by atoms with E-state index < -0.39 is 83.7 Å².